The molecule has 1 aromatic carbocycles. The van der Waals surface area contributed by atoms with E-state index in [0.29, 0.717) is 18.7 Å². The minimum absolute atomic E-state index is 0. The maximum absolute atomic E-state index is 11.6. The van der Waals surface area contributed by atoms with Crippen LogP contribution >= 0.6 is 24.0 Å². The van der Waals surface area contributed by atoms with Crippen LogP contribution in [0, 0.1) is 5.92 Å². The predicted molar refractivity (Wildman–Crippen MR) is 103 cm³/mol. The molecule has 2 N–H and O–H groups in total. The number of hydrogen-bond donors (Lipinski definition) is 2. The first-order valence-corrected chi connectivity index (χ1v) is 8.01. The summed E-state index contributed by atoms with van der Waals surface area (Å²) in [7, 11) is 0. The van der Waals surface area contributed by atoms with Gasteiger partial charge in [0, 0.05) is 13.1 Å². The van der Waals surface area contributed by atoms with Crippen LogP contribution in [-0.2, 0) is 11.3 Å². The average Bonchev–Trinajstić information content (AvgIpc) is 3.35. The first-order chi connectivity index (χ1) is 10.7. The molecule has 1 aliphatic rings. The third kappa shape index (κ3) is 7.20. The molecule has 0 atom stereocenters. The normalized spacial score (nSPS) is 13.9. The van der Waals surface area contributed by atoms with Crippen molar-refractivity contribution in [1.29, 1.82) is 0 Å². The highest BCUT2D eigenvalue weighted by Crippen LogP contribution is 2.27. The van der Waals surface area contributed by atoms with Crippen LogP contribution in [0.4, 0.5) is 0 Å². The minimum atomic E-state index is -0.281. The van der Waals surface area contributed by atoms with Gasteiger partial charge in [-0.25, -0.2) is 9.79 Å². The third-order valence-electron chi connectivity index (χ3n) is 3.48. The molecular weight excluding hydrogens is 405 g/mol. The second-order valence-electron chi connectivity index (χ2n) is 5.44. The largest absolute Gasteiger partial charge is 0.462 e. The van der Waals surface area contributed by atoms with E-state index in [2.05, 4.69) is 22.5 Å². The van der Waals surface area contributed by atoms with Gasteiger partial charge < -0.3 is 15.4 Å². The van der Waals surface area contributed by atoms with Gasteiger partial charge in [-0.3, -0.25) is 0 Å². The molecule has 6 heteroatoms. The van der Waals surface area contributed by atoms with Gasteiger partial charge in [0.25, 0.3) is 0 Å². The maximum atomic E-state index is 11.6. The van der Waals surface area contributed by atoms with E-state index in [1.807, 2.05) is 12.1 Å². The summed E-state index contributed by atoms with van der Waals surface area (Å²) >= 11 is 0. The number of esters is 1. The number of carbonyl (C=O) groups excluding carboxylic acids is 1. The van der Waals surface area contributed by atoms with Gasteiger partial charge in [0.2, 0.25) is 0 Å². The van der Waals surface area contributed by atoms with E-state index in [-0.39, 0.29) is 29.9 Å². The number of rotatable bonds is 7. The van der Waals surface area contributed by atoms with Crippen LogP contribution in [0.3, 0.4) is 0 Å². The van der Waals surface area contributed by atoms with Gasteiger partial charge in [0.05, 0.1) is 18.7 Å². The van der Waals surface area contributed by atoms with Crippen molar-refractivity contribution in [2.75, 3.05) is 19.7 Å². The summed E-state index contributed by atoms with van der Waals surface area (Å²) in [5.41, 5.74) is 1.64. The summed E-state index contributed by atoms with van der Waals surface area (Å²) in [6.45, 7) is 6.68. The summed E-state index contributed by atoms with van der Waals surface area (Å²) in [6.07, 6.45) is 2.64. The second-order valence-corrected chi connectivity index (χ2v) is 5.44. The fourth-order valence-corrected chi connectivity index (χ4v) is 2.04. The Morgan fingerprint density at radius 1 is 1.22 bits per heavy atom. The number of ether oxygens (including phenoxy) is 1. The number of guanidine groups is 1. The lowest BCUT2D eigenvalue weighted by molar-refractivity contribution is 0.0526. The van der Waals surface area contributed by atoms with Crippen LogP contribution in [0.5, 0.6) is 0 Å². The number of carbonyl (C=O) groups is 1. The maximum Gasteiger partial charge on any atom is 0.338 e. The van der Waals surface area contributed by atoms with Crippen LogP contribution in [0.15, 0.2) is 29.3 Å². The molecule has 1 fully saturated rings. The van der Waals surface area contributed by atoms with E-state index in [0.717, 1.165) is 30.5 Å². The zero-order valence-electron chi connectivity index (χ0n) is 13.8. The Hall–Kier alpha value is -1.31. The topological polar surface area (TPSA) is 62.7 Å². The molecule has 0 aliphatic heterocycles. The summed E-state index contributed by atoms with van der Waals surface area (Å²) < 4.78 is 4.97. The first kappa shape index (κ1) is 19.7. The monoisotopic (exact) mass is 431 g/mol. The zero-order valence-corrected chi connectivity index (χ0v) is 16.1. The Balaban J connectivity index is 0.00000264. The van der Waals surface area contributed by atoms with Gasteiger partial charge in [0.15, 0.2) is 5.96 Å². The van der Waals surface area contributed by atoms with Crippen LogP contribution in [0.25, 0.3) is 0 Å². The van der Waals surface area contributed by atoms with Crippen molar-refractivity contribution in [3.63, 3.8) is 0 Å². The fourth-order valence-electron chi connectivity index (χ4n) is 2.04. The lowest BCUT2D eigenvalue weighted by Crippen LogP contribution is -2.38. The predicted octanol–water partition coefficient (Wildman–Crippen LogP) is 2.95. The van der Waals surface area contributed by atoms with Crippen LogP contribution in [-0.4, -0.2) is 31.6 Å². The van der Waals surface area contributed by atoms with Crippen molar-refractivity contribution in [1.82, 2.24) is 10.6 Å². The molecule has 1 aromatic rings. The van der Waals surface area contributed by atoms with Crippen molar-refractivity contribution < 1.29 is 9.53 Å². The van der Waals surface area contributed by atoms with Crippen molar-refractivity contribution in [2.24, 2.45) is 10.9 Å². The van der Waals surface area contributed by atoms with Gasteiger partial charge >= 0.3 is 5.97 Å². The molecule has 5 nitrogen and oxygen atoms in total. The van der Waals surface area contributed by atoms with E-state index in [4.69, 9.17) is 4.74 Å². The number of aliphatic imine (C=N–C) groups is 1. The average molecular weight is 431 g/mol. The molecule has 128 valence electrons. The van der Waals surface area contributed by atoms with E-state index in [9.17, 15) is 4.79 Å². The molecule has 0 aromatic heterocycles. The Morgan fingerprint density at radius 2 is 1.91 bits per heavy atom. The Kier molecular flexibility index (Phi) is 8.98. The smallest absolute Gasteiger partial charge is 0.338 e. The highest BCUT2D eigenvalue weighted by molar-refractivity contribution is 14.0. The van der Waals surface area contributed by atoms with Crippen molar-refractivity contribution in [2.45, 2.75) is 33.2 Å². The highest BCUT2D eigenvalue weighted by atomic mass is 127. The van der Waals surface area contributed by atoms with Gasteiger partial charge in [-0.2, -0.15) is 0 Å². The first-order valence-electron chi connectivity index (χ1n) is 8.01. The molecule has 23 heavy (non-hydrogen) atoms. The molecule has 2 rings (SSSR count). The number of halogens is 1. The molecule has 0 unspecified atom stereocenters. The van der Waals surface area contributed by atoms with Gasteiger partial charge in [-0.15, -0.1) is 24.0 Å². The third-order valence-corrected chi connectivity index (χ3v) is 3.48. The summed E-state index contributed by atoms with van der Waals surface area (Å²) in [4.78, 5) is 16.2. The Bertz CT molecular complexity index is 513. The molecule has 0 bridgehead atoms. The number of nitrogens with one attached hydrogen (secondary N) is 2. The van der Waals surface area contributed by atoms with E-state index >= 15 is 0 Å². The quantitative estimate of drug-likeness (QED) is 0.302. The van der Waals surface area contributed by atoms with Crippen LogP contribution in [0.1, 0.15) is 42.6 Å². The Morgan fingerprint density at radius 3 is 2.48 bits per heavy atom. The fraction of sp³-hybridized carbons (Fsp3) is 0.529. The summed E-state index contributed by atoms with van der Waals surface area (Å²) in [6, 6.07) is 7.40. The van der Waals surface area contributed by atoms with Crippen molar-refractivity contribution in [3.05, 3.63) is 35.4 Å². The molecule has 0 saturated heterocycles. The molecule has 1 saturated carbocycles. The molecule has 1 aliphatic carbocycles. The standard InChI is InChI=1S/C17H25N3O2.HI/c1-3-18-17(19-11-13-5-6-13)20-12-14-7-9-15(10-8-14)16(21)22-4-2;/h7-10,13H,3-6,11-12H2,1-2H3,(H2,18,19,20);1H. The number of benzene rings is 1. The van der Waals surface area contributed by atoms with Crippen molar-refractivity contribution in [3.8, 4) is 0 Å². The number of hydrogen-bond acceptors (Lipinski definition) is 3. The lowest BCUT2D eigenvalue weighted by Gasteiger charge is -2.10. The summed E-state index contributed by atoms with van der Waals surface area (Å²) in [5, 5.41) is 6.61. The Labute approximate surface area is 155 Å². The van der Waals surface area contributed by atoms with Crippen LogP contribution < -0.4 is 10.6 Å². The minimum Gasteiger partial charge on any atom is -0.462 e. The highest BCUT2D eigenvalue weighted by Gasteiger charge is 2.20. The second kappa shape index (κ2) is 10.5. The summed E-state index contributed by atoms with van der Waals surface area (Å²) in [5.74, 6) is 1.38. The molecule has 0 amide bonds. The van der Waals surface area contributed by atoms with Crippen LogP contribution in [0.2, 0.25) is 0 Å². The van der Waals surface area contributed by atoms with Gasteiger partial charge in [0.1, 0.15) is 0 Å². The number of nitrogens with zero attached hydrogens (tertiary/aromatic N) is 1. The molecule has 0 heterocycles. The van der Waals surface area contributed by atoms with Gasteiger partial charge in [-0.05, 0) is 50.3 Å². The molecule has 0 radical (unpaired) electrons. The van der Waals surface area contributed by atoms with E-state index in [1.165, 1.54) is 12.8 Å². The molecular formula is C17H26IN3O2. The SMILES string of the molecule is CCNC(=NCc1ccc(C(=O)OCC)cc1)NCC1CC1.I. The zero-order chi connectivity index (χ0) is 15.8. The van der Waals surface area contributed by atoms with Crippen molar-refractivity contribution >= 4 is 35.9 Å². The molecule has 0 spiro atoms. The lowest BCUT2D eigenvalue weighted by atomic mass is 10.1. The van der Waals surface area contributed by atoms with E-state index < -0.39 is 0 Å². The van der Waals surface area contributed by atoms with Gasteiger partial charge in [-0.1, -0.05) is 12.1 Å². The van der Waals surface area contributed by atoms with E-state index in [1.54, 1.807) is 19.1 Å².